The largest absolute Gasteiger partial charge is 0.480 e. The van der Waals surface area contributed by atoms with Crippen LogP contribution in [0.1, 0.15) is 88.3 Å². The quantitative estimate of drug-likeness (QED) is 0.464. The Kier molecular flexibility index (Phi) is 8.97. The number of fused-ring (bicyclic) bond motifs is 1. The van der Waals surface area contributed by atoms with Crippen LogP contribution in [0.15, 0.2) is 12.1 Å². The maximum absolute atomic E-state index is 12.3. The van der Waals surface area contributed by atoms with Gasteiger partial charge in [0.05, 0.1) is 0 Å². The summed E-state index contributed by atoms with van der Waals surface area (Å²) in [6, 6.07) is 3.61. The molecular formula is C24H37N3O3. The second-order valence-corrected chi connectivity index (χ2v) is 8.88. The van der Waals surface area contributed by atoms with E-state index >= 15 is 0 Å². The number of hydrogen-bond donors (Lipinski definition) is 3. The zero-order valence-electron chi connectivity index (χ0n) is 18.1. The molecule has 2 aliphatic rings. The van der Waals surface area contributed by atoms with E-state index in [0.717, 1.165) is 88.7 Å². The predicted molar refractivity (Wildman–Crippen MR) is 119 cm³/mol. The van der Waals surface area contributed by atoms with Crippen molar-refractivity contribution in [3.8, 4) is 0 Å². The van der Waals surface area contributed by atoms with Crippen LogP contribution < -0.4 is 10.6 Å². The average molecular weight is 416 g/mol. The number of carbonyl (C=O) groups excluding carboxylic acids is 1. The lowest BCUT2D eigenvalue weighted by atomic mass is 9.88. The summed E-state index contributed by atoms with van der Waals surface area (Å²) in [6.45, 7) is 1.02. The molecule has 0 aromatic carbocycles. The molecule has 1 amide bonds. The highest BCUT2D eigenvalue weighted by molar-refractivity contribution is 5.84. The minimum atomic E-state index is -0.911. The van der Waals surface area contributed by atoms with Crippen LogP contribution in [0.2, 0.25) is 0 Å². The van der Waals surface area contributed by atoms with Gasteiger partial charge in [-0.05, 0) is 56.6 Å². The van der Waals surface area contributed by atoms with Crippen molar-refractivity contribution in [1.29, 1.82) is 0 Å². The van der Waals surface area contributed by atoms with Gasteiger partial charge in [-0.2, -0.15) is 0 Å². The second kappa shape index (κ2) is 11.9. The molecule has 0 unspecified atom stereocenters. The van der Waals surface area contributed by atoms with E-state index in [-0.39, 0.29) is 11.8 Å². The van der Waals surface area contributed by atoms with Gasteiger partial charge in [0, 0.05) is 18.2 Å². The van der Waals surface area contributed by atoms with Gasteiger partial charge in [0.15, 0.2) is 0 Å². The Bertz CT molecular complexity index is 701. The minimum absolute atomic E-state index is 0.00741. The van der Waals surface area contributed by atoms with E-state index in [0.29, 0.717) is 6.42 Å². The molecule has 0 radical (unpaired) electrons. The van der Waals surface area contributed by atoms with E-state index in [2.05, 4.69) is 22.8 Å². The van der Waals surface area contributed by atoms with Crippen molar-refractivity contribution in [3.63, 3.8) is 0 Å². The van der Waals surface area contributed by atoms with Gasteiger partial charge in [-0.25, -0.2) is 9.78 Å². The third kappa shape index (κ3) is 6.99. The number of carboxylic acids is 1. The molecule has 6 heteroatoms. The zero-order valence-corrected chi connectivity index (χ0v) is 18.1. The molecular weight excluding hydrogens is 378 g/mol. The molecule has 0 spiro atoms. The third-order valence-corrected chi connectivity index (χ3v) is 6.47. The van der Waals surface area contributed by atoms with Crippen molar-refractivity contribution in [2.45, 2.75) is 95.9 Å². The zero-order chi connectivity index (χ0) is 21.2. The summed E-state index contributed by atoms with van der Waals surface area (Å²) in [5.74, 6) is 0.0992. The highest BCUT2D eigenvalue weighted by Gasteiger charge is 2.26. The van der Waals surface area contributed by atoms with E-state index in [9.17, 15) is 14.7 Å². The second-order valence-electron chi connectivity index (χ2n) is 8.88. The highest BCUT2D eigenvalue weighted by atomic mass is 16.4. The molecule has 0 saturated heterocycles. The van der Waals surface area contributed by atoms with Gasteiger partial charge in [-0.3, -0.25) is 4.79 Å². The first-order chi connectivity index (χ1) is 14.6. The van der Waals surface area contributed by atoms with Gasteiger partial charge in [-0.1, -0.05) is 51.0 Å². The number of anilines is 1. The smallest absolute Gasteiger partial charge is 0.326 e. The van der Waals surface area contributed by atoms with Crippen molar-refractivity contribution >= 4 is 17.7 Å². The normalized spacial score (nSPS) is 17.6. The molecule has 3 rings (SSSR count). The summed E-state index contributed by atoms with van der Waals surface area (Å²) in [5, 5.41) is 15.6. The minimum Gasteiger partial charge on any atom is -0.480 e. The summed E-state index contributed by atoms with van der Waals surface area (Å²) in [5.41, 5.74) is 2.48. The lowest BCUT2D eigenvalue weighted by Crippen LogP contribution is -2.44. The van der Waals surface area contributed by atoms with Crippen LogP contribution in [0, 0.1) is 5.92 Å². The molecule has 30 heavy (non-hydrogen) atoms. The molecule has 1 saturated carbocycles. The summed E-state index contributed by atoms with van der Waals surface area (Å²) in [7, 11) is 0. The Balaban J connectivity index is 1.28. The average Bonchev–Trinajstić information content (AvgIpc) is 2.77. The number of hydrogen-bond acceptors (Lipinski definition) is 4. The number of pyridine rings is 1. The standard InChI is InChI=1S/C24H37N3O3/c28-23(19-10-5-4-6-11-19)27-21(24(29)30)14-8-3-1-2-7-13-20-16-15-18-12-9-17-25-22(18)26-20/h15-16,19,21H,1-14,17H2,(H,25,26)(H,27,28)(H,29,30)/t21-/m0/s1. The molecule has 2 heterocycles. The Morgan fingerprint density at radius 3 is 2.63 bits per heavy atom. The molecule has 1 fully saturated rings. The lowest BCUT2D eigenvalue weighted by molar-refractivity contribution is -0.142. The number of carboxylic acid groups (broad SMARTS) is 1. The van der Waals surface area contributed by atoms with Crippen LogP contribution in [-0.4, -0.2) is 34.6 Å². The van der Waals surface area contributed by atoms with Crippen LogP contribution in [0.3, 0.4) is 0 Å². The topological polar surface area (TPSA) is 91.3 Å². The molecule has 1 atom stereocenters. The first-order valence-corrected chi connectivity index (χ1v) is 11.9. The Morgan fingerprint density at radius 2 is 1.83 bits per heavy atom. The van der Waals surface area contributed by atoms with E-state index in [1.54, 1.807) is 0 Å². The van der Waals surface area contributed by atoms with E-state index in [1.807, 2.05) is 0 Å². The Hall–Kier alpha value is -2.11. The van der Waals surface area contributed by atoms with Gasteiger partial charge in [0.1, 0.15) is 11.9 Å². The fourth-order valence-electron chi connectivity index (χ4n) is 4.60. The Labute approximate surface area is 180 Å². The maximum Gasteiger partial charge on any atom is 0.326 e. The van der Waals surface area contributed by atoms with Crippen molar-refractivity contribution < 1.29 is 14.7 Å². The maximum atomic E-state index is 12.3. The van der Waals surface area contributed by atoms with Gasteiger partial charge in [0.2, 0.25) is 5.91 Å². The van der Waals surface area contributed by atoms with Crippen LogP contribution in [0.4, 0.5) is 5.82 Å². The SMILES string of the molecule is O=C(N[C@@H](CCCCCCCc1ccc2c(n1)NCCC2)C(=O)O)C1CCCCC1. The first-order valence-electron chi connectivity index (χ1n) is 11.9. The van der Waals surface area contributed by atoms with Crippen LogP contribution in [0.5, 0.6) is 0 Å². The molecule has 6 nitrogen and oxygen atoms in total. The molecule has 1 aliphatic carbocycles. The van der Waals surface area contributed by atoms with Crippen molar-refractivity contribution in [1.82, 2.24) is 10.3 Å². The monoisotopic (exact) mass is 415 g/mol. The lowest BCUT2D eigenvalue weighted by Gasteiger charge is -2.23. The van der Waals surface area contributed by atoms with Crippen LogP contribution in [-0.2, 0) is 22.4 Å². The molecule has 1 aliphatic heterocycles. The van der Waals surface area contributed by atoms with E-state index in [1.165, 1.54) is 18.4 Å². The third-order valence-electron chi connectivity index (χ3n) is 6.47. The van der Waals surface area contributed by atoms with Crippen LogP contribution in [0.25, 0.3) is 0 Å². The Morgan fingerprint density at radius 1 is 1.07 bits per heavy atom. The summed E-state index contributed by atoms with van der Waals surface area (Å²) in [6.07, 6.45) is 14.1. The molecule has 1 aromatic rings. The van der Waals surface area contributed by atoms with E-state index < -0.39 is 12.0 Å². The van der Waals surface area contributed by atoms with Gasteiger partial charge < -0.3 is 15.7 Å². The van der Waals surface area contributed by atoms with Crippen molar-refractivity contribution in [2.24, 2.45) is 5.92 Å². The number of aryl methyl sites for hydroxylation is 2. The fraction of sp³-hybridized carbons (Fsp3) is 0.708. The summed E-state index contributed by atoms with van der Waals surface area (Å²) in [4.78, 5) is 28.6. The predicted octanol–water partition coefficient (Wildman–Crippen LogP) is 4.47. The number of aliphatic carboxylic acids is 1. The van der Waals surface area contributed by atoms with Gasteiger partial charge in [-0.15, -0.1) is 0 Å². The molecule has 1 aromatic heterocycles. The number of carbonyl (C=O) groups is 2. The van der Waals surface area contributed by atoms with Crippen molar-refractivity contribution in [2.75, 3.05) is 11.9 Å². The van der Waals surface area contributed by atoms with Gasteiger partial charge in [0.25, 0.3) is 0 Å². The molecule has 166 valence electrons. The summed E-state index contributed by atoms with van der Waals surface area (Å²) < 4.78 is 0. The number of unbranched alkanes of at least 4 members (excludes halogenated alkanes) is 4. The fourth-order valence-corrected chi connectivity index (χ4v) is 4.60. The number of rotatable bonds is 11. The van der Waals surface area contributed by atoms with Crippen LogP contribution >= 0.6 is 0 Å². The first kappa shape index (κ1) is 22.6. The molecule has 3 N–H and O–H groups in total. The number of aromatic nitrogens is 1. The summed E-state index contributed by atoms with van der Waals surface area (Å²) >= 11 is 0. The highest BCUT2D eigenvalue weighted by Crippen LogP contribution is 2.24. The molecule has 0 bridgehead atoms. The number of amides is 1. The van der Waals surface area contributed by atoms with Crippen molar-refractivity contribution in [3.05, 3.63) is 23.4 Å². The number of nitrogens with one attached hydrogen (secondary N) is 2. The van der Waals surface area contributed by atoms with Gasteiger partial charge >= 0.3 is 5.97 Å². The van der Waals surface area contributed by atoms with E-state index in [4.69, 9.17) is 4.98 Å². The number of nitrogens with zero attached hydrogens (tertiary/aromatic N) is 1.